The normalized spacial score (nSPS) is 11.3. The van der Waals surface area contributed by atoms with Gasteiger partial charge in [0, 0.05) is 16.8 Å². The highest BCUT2D eigenvalue weighted by atomic mass is 16.5. The molecule has 7 rings (SSSR count). The van der Waals surface area contributed by atoms with Gasteiger partial charge in [-0.3, -0.25) is 4.79 Å². The molecule has 38 heavy (non-hydrogen) atoms. The largest absolute Gasteiger partial charge is 0.429 e. The van der Waals surface area contributed by atoms with Crippen molar-refractivity contribution in [2.24, 2.45) is 0 Å². The van der Waals surface area contributed by atoms with Crippen LogP contribution < -0.4 is 9.64 Å². The van der Waals surface area contributed by atoms with E-state index in [2.05, 4.69) is 108 Å². The average Bonchev–Trinajstić information content (AvgIpc) is 2.98. The topological polar surface area (TPSA) is 29.5 Å². The van der Waals surface area contributed by atoms with Crippen LogP contribution in [-0.2, 0) is 4.79 Å². The van der Waals surface area contributed by atoms with Crippen LogP contribution >= 0.6 is 0 Å². The molecule has 7 aromatic carbocycles. The first-order valence-electron chi connectivity index (χ1n) is 12.6. The van der Waals surface area contributed by atoms with E-state index in [-0.39, 0.29) is 0 Å². The highest BCUT2D eigenvalue weighted by Crippen LogP contribution is 2.43. The number of carbonyl (C=O) groups is 1. The quantitative estimate of drug-likeness (QED) is 0.172. The van der Waals surface area contributed by atoms with Gasteiger partial charge in [0.25, 0.3) is 6.47 Å². The standard InChI is InChI=1S/C35H23NO2/c37-23-38-31-19-13-25(14-20-31)24-11-17-30(18-12-24)36(29-7-2-1-3-8-29)33-22-16-28-10-9-26-5-4-6-27-15-21-32(33)35(28)34(26)27/h1-23H. The van der Waals surface area contributed by atoms with Crippen molar-refractivity contribution in [3.63, 3.8) is 0 Å². The van der Waals surface area contributed by atoms with Gasteiger partial charge >= 0.3 is 0 Å². The fourth-order valence-electron chi connectivity index (χ4n) is 5.50. The van der Waals surface area contributed by atoms with Gasteiger partial charge in [-0.15, -0.1) is 0 Å². The molecule has 0 atom stereocenters. The van der Waals surface area contributed by atoms with Gasteiger partial charge in [-0.2, -0.15) is 0 Å². The monoisotopic (exact) mass is 489 g/mol. The second-order valence-corrected chi connectivity index (χ2v) is 9.40. The van der Waals surface area contributed by atoms with Crippen molar-refractivity contribution in [2.45, 2.75) is 0 Å². The Labute approximate surface area is 220 Å². The molecule has 0 fully saturated rings. The maximum atomic E-state index is 10.6. The summed E-state index contributed by atoms with van der Waals surface area (Å²) in [5, 5.41) is 7.61. The van der Waals surface area contributed by atoms with Crippen molar-refractivity contribution in [2.75, 3.05) is 4.90 Å². The van der Waals surface area contributed by atoms with Crippen LogP contribution in [0.15, 0.2) is 133 Å². The zero-order valence-corrected chi connectivity index (χ0v) is 20.5. The number of para-hydroxylation sites is 1. The predicted molar refractivity (Wildman–Crippen MR) is 157 cm³/mol. The summed E-state index contributed by atoms with van der Waals surface area (Å²) in [5.41, 5.74) is 5.48. The van der Waals surface area contributed by atoms with E-state index in [1.165, 1.54) is 32.3 Å². The fraction of sp³-hybridized carbons (Fsp3) is 0. The zero-order chi connectivity index (χ0) is 25.5. The number of ether oxygens (including phenoxy) is 1. The molecule has 0 aliphatic rings. The third-order valence-corrected chi connectivity index (χ3v) is 7.26. The van der Waals surface area contributed by atoms with Gasteiger partial charge in [0.05, 0.1) is 5.69 Å². The number of benzene rings is 7. The number of hydrogen-bond acceptors (Lipinski definition) is 3. The Hall–Kier alpha value is -5.15. The molecule has 180 valence electrons. The fourth-order valence-corrected chi connectivity index (χ4v) is 5.50. The lowest BCUT2D eigenvalue weighted by molar-refractivity contribution is -0.120. The van der Waals surface area contributed by atoms with E-state index in [0.29, 0.717) is 12.2 Å². The molecular weight excluding hydrogens is 466 g/mol. The molecule has 0 radical (unpaired) electrons. The molecule has 0 aliphatic heterocycles. The van der Waals surface area contributed by atoms with Crippen molar-refractivity contribution in [3.8, 4) is 16.9 Å². The SMILES string of the molecule is O=COc1ccc(-c2ccc(N(c3ccccc3)c3ccc4ccc5cccc6ccc3c4c56)cc2)cc1. The molecule has 0 N–H and O–H groups in total. The molecule has 3 heteroatoms. The molecule has 0 aromatic heterocycles. The summed E-state index contributed by atoms with van der Waals surface area (Å²) >= 11 is 0. The molecule has 0 aliphatic carbocycles. The smallest absolute Gasteiger partial charge is 0.298 e. The van der Waals surface area contributed by atoms with Gasteiger partial charge in [0.2, 0.25) is 0 Å². The Morgan fingerprint density at radius 2 is 1.08 bits per heavy atom. The highest BCUT2D eigenvalue weighted by molar-refractivity contribution is 6.25. The zero-order valence-electron chi connectivity index (χ0n) is 20.5. The summed E-state index contributed by atoms with van der Waals surface area (Å²) in [6, 6.07) is 46.5. The van der Waals surface area contributed by atoms with Gasteiger partial charge in [0.1, 0.15) is 5.75 Å². The highest BCUT2D eigenvalue weighted by Gasteiger charge is 2.18. The number of hydrogen-bond donors (Lipinski definition) is 0. The van der Waals surface area contributed by atoms with Crippen LogP contribution in [0.25, 0.3) is 43.4 Å². The molecule has 0 spiro atoms. The first-order chi connectivity index (χ1) is 18.8. The lowest BCUT2D eigenvalue weighted by atomic mass is 9.93. The summed E-state index contributed by atoms with van der Waals surface area (Å²) in [5.74, 6) is 0.532. The van der Waals surface area contributed by atoms with Crippen molar-refractivity contribution in [1.29, 1.82) is 0 Å². The Kier molecular flexibility index (Phi) is 5.26. The van der Waals surface area contributed by atoms with E-state index in [1.807, 2.05) is 18.2 Å². The number of anilines is 3. The van der Waals surface area contributed by atoms with Crippen molar-refractivity contribution < 1.29 is 9.53 Å². The minimum absolute atomic E-state index is 0.445. The van der Waals surface area contributed by atoms with Crippen LogP contribution in [0.3, 0.4) is 0 Å². The number of rotatable bonds is 6. The number of carbonyl (C=O) groups excluding carboxylic acids is 1. The molecule has 0 bridgehead atoms. The van der Waals surface area contributed by atoms with Gasteiger partial charge in [-0.1, -0.05) is 91.0 Å². The van der Waals surface area contributed by atoms with E-state index >= 15 is 0 Å². The second kappa shape index (κ2) is 9.06. The molecule has 0 amide bonds. The Morgan fingerprint density at radius 1 is 0.500 bits per heavy atom. The average molecular weight is 490 g/mol. The maximum absolute atomic E-state index is 10.6. The minimum atomic E-state index is 0.445. The molecule has 3 nitrogen and oxygen atoms in total. The van der Waals surface area contributed by atoms with Gasteiger partial charge in [-0.05, 0) is 80.5 Å². The van der Waals surface area contributed by atoms with Crippen molar-refractivity contribution in [3.05, 3.63) is 133 Å². The molecule has 0 saturated heterocycles. The molecule has 7 aromatic rings. The third kappa shape index (κ3) is 3.64. The van der Waals surface area contributed by atoms with Crippen LogP contribution in [-0.4, -0.2) is 6.47 Å². The van der Waals surface area contributed by atoms with E-state index in [4.69, 9.17) is 4.74 Å². The van der Waals surface area contributed by atoms with Crippen molar-refractivity contribution in [1.82, 2.24) is 0 Å². The first-order valence-corrected chi connectivity index (χ1v) is 12.6. The van der Waals surface area contributed by atoms with Crippen LogP contribution in [0.1, 0.15) is 0 Å². The van der Waals surface area contributed by atoms with Gasteiger partial charge in [-0.25, -0.2) is 0 Å². The van der Waals surface area contributed by atoms with E-state index in [0.717, 1.165) is 28.2 Å². The predicted octanol–water partition coefficient (Wildman–Crippen LogP) is 9.26. The Morgan fingerprint density at radius 3 is 1.76 bits per heavy atom. The number of nitrogens with zero attached hydrogens (tertiary/aromatic N) is 1. The van der Waals surface area contributed by atoms with E-state index in [9.17, 15) is 4.79 Å². The lowest BCUT2D eigenvalue weighted by Crippen LogP contribution is -2.10. The minimum Gasteiger partial charge on any atom is -0.429 e. The van der Waals surface area contributed by atoms with Crippen molar-refractivity contribution >= 4 is 55.9 Å². The second-order valence-electron chi connectivity index (χ2n) is 9.40. The third-order valence-electron chi connectivity index (χ3n) is 7.26. The molecular formula is C35H23NO2. The Bertz CT molecular complexity index is 1880. The molecule has 0 saturated carbocycles. The van der Waals surface area contributed by atoms with Crippen LogP contribution in [0.4, 0.5) is 17.1 Å². The van der Waals surface area contributed by atoms with Crippen LogP contribution in [0.2, 0.25) is 0 Å². The molecule has 0 heterocycles. The summed E-state index contributed by atoms with van der Waals surface area (Å²) < 4.78 is 4.94. The van der Waals surface area contributed by atoms with Gasteiger partial charge < -0.3 is 9.64 Å². The maximum Gasteiger partial charge on any atom is 0.298 e. The molecule has 0 unspecified atom stereocenters. The van der Waals surface area contributed by atoms with E-state index in [1.54, 1.807) is 12.1 Å². The summed E-state index contributed by atoms with van der Waals surface area (Å²) in [7, 11) is 0. The lowest BCUT2D eigenvalue weighted by Gasteiger charge is -2.28. The van der Waals surface area contributed by atoms with Crippen LogP contribution in [0, 0.1) is 0 Å². The van der Waals surface area contributed by atoms with Gasteiger partial charge in [0.15, 0.2) is 0 Å². The summed E-state index contributed by atoms with van der Waals surface area (Å²) in [4.78, 5) is 12.9. The first kappa shape index (κ1) is 22.1. The summed E-state index contributed by atoms with van der Waals surface area (Å²) in [6.45, 7) is 0.445. The summed E-state index contributed by atoms with van der Waals surface area (Å²) in [6.07, 6.45) is 0. The van der Waals surface area contributed by atoms with E-state index < -0.39 is 0 Å². The van der Waals surface area contributed by atoms with Crippen LogP contribution in [0.5, 0.6) is 5.75 Å². The Balaban J connectivity index is 1.39.